The number of pyridine rings is 1. The van der Waals surface area contributed by atoms with Crippen molar-refractivity contribution < 1.29 is 27.4 Å². The first-order valence-corrected chi connectivity index (χ1v) is 9.63. The Morgan fingerprint density at radius 2 is 1.77 bits per heavy atom. The van der Waals surface area contributed by atoms with E-state index in [0.29, 0.717) is 11.3 Å². The van der Waals surface area contributed by atoms with E-state index >= 15 is 0 Å². The van der Waals surface area contributed by atoms with Gasteiger partial charge in [-0.3, -0.25) is 9.18 Å². The molecule has 3 aromatic rings. The molecule has 31 heavy (non-hydrogen) atoms. The second-order valence-electron chi connectivity index (χ2n) is 6.58. The van der Waals surface area contributed by atoms with Crippen molar-refractivity contribution in [2.24, 2.45) is 0 Å². The van der Waals surface area contributed by atoms with Crippen molar-refractivity contribution in [3.63, 3.8) is 0 Å². The van der Waals surface area contributed by atoms with Gasteiger partial charge in [0.05, 0.1) is 19.8 Å². The number of anilines is 1. The van der Waals surface area contributed by atoms with Crippen LogP contribution in [0.25, 0.3) is 0 Å². The average Bonchev–Trinajstić information content (AvgIpc) is 2.76. The molecule has 0 saturated heterocycles. The number of carbonyl (C=O) groups is 1. The van der Waals surface area contributed by atoms with Crippen LogP contribution < -0.4 is 14.4 Å². The Kier molecular flexibility index (Phi) is 7.48. The number of aromatic nitrogens is 1. The number of carbonyl (C=O) groups excluding carboxylic acids is 1. The van der Waals surface area contributed by atoms with Gasteiger partial charge in [0, 0.05) is 25.1 Å². The van der Waals surface area contributed by atoms with Gasteiger partial charge < -0.3 is 14.4 Å². The Hall–Kier alpha value is -3.55. The molecule has 1 aromatic heterocycles. The summed E-state index contributed by atoms with van der Waals surface area (Å²) in [6, 6.07) is 13.5. The number of nitrogens with zero attached hydrogens (tertiary/aromatic N) is 2. The maximum atomic E-state index is 14.1. The molecule has 3 rings (SSSR count). The van der Waals surface area contributed by atoms with Gasteiger partial charge in [0.1, 0.15) is 11.4 Å². The van der Waals surface area contributed by atoms with Crippen LogP contribution in [0.4, 0.5) is 18.9 Å². The molecule has 5 nitrogen and oxygen atoms in total. The second-order valence-corrected chi connectivity index (χ2v) is 6.58. The Balaban J connectivity index is 1.93. The highest BCUT2D eigenvalue weighted by Gasteiger charge is 2.21. The number of ether oxygens (including phenoxy) is 2. The lowest BCUT2D eigenvalue weighted by molar-refractivity contribution is -0.116. The third-order valence-electron chi connectivity index (χ3n) is 4.38. The van der Waals surface area contributed by atoms with Gasteiger partial charge in [0.2, 0.25) is 17.5 Å². The molecule has 0 radical (unpaired) electrons. The number of amides is 1. The standard InChI is InChI=1S/C23H21F3N2O3/c1-16(29)28(15-17-7-2-3-11-21(17)30-14-6-12-24)20-10-5-13-27-23(20)31-22-18(25)8-4-9-19(22)26/h2-5,7-11,13H,6,12,14-15H2,1H3/i24-1. The number of benzene rings is 2. The third-order valence-corrected chi connectivity index (χ3v) is 4.38. The van der Waals surface area contributed by atoms with E-state index < -0.39 is 24.1 Å². The van der Waals surface area contributed by atoms with Crippen LogP contribution in [-0.2, 0) is 11.3 Å². The molecule has 0 aliphatic rings. The summed E-state index contributed by atoms with van der Waals surface area (Å²) in [5.74, 6) is -2.35. The van der Waals surface area contributed by atoms with Crippen LogP contribution in [-0.4, -0.2) is 24.2 Å². The van der Waals surface area contributed by atoms with Gasteiger partial charge in [0.15, 0.2) is 11.6 Å². The molecule has 0 aliphatic heterocycles. The third kappa shape index (κ3) is 5.53. The lowest BCUT2D eigenvalue weighted by Gasteiger charge is -2.24. The van der Waals surface area contributed by atoms with E-state index in [1.54, 1.807) is 36.4 Å². The fourth-order valence-electron chi connectivity index (χ4n) is 2.89. The Bertz CT molecular complexity index is 1030. The predicted molar refractivity (Wildman–Crippen MR) is 110 cm³/mol. The summed E-state index contributed by atoms with van der Waals surface area (Å²) in [7, 11) is 0. The number of hydrogen-bond donors (Lipinski definition) is 0. The van der Waals surface area contributed by atoms with Crippen LogP contribution in [0.1, 0.15) is 18.9 Å². The van der Waals surface area contributed by atoms with E-state index in [1.165, 1.54) is 24.1 Å². The van der Waals surface area contributed by atoms with Gasteiger partial charge in [-0.05, 0) is 30.3 Å². The van der Waals surface area contributed by atoms with Gasteiger partial charge >= 0.3 is 0 Å². The zero-order valence-electron chi connectivity index (χ0n) is 16.9. The molecule has 2 aromatic carbocycles. The number of halogens is 3. The highest BCUT2D eigenvalue weighted by molar-refractivity contribution is 5.92. The summed E-state index contributed by atoms with van der Waals surface area (Å²) < 4.78 is 51.6. The van der Waals surface area contributed by atoms with E-state index in [1.807, 2.05) is 0 Å². The van der Waals surface area contributed by atoms with Gasteiger partial charge in [-0.15, -0.1) is 0 Å². The van der Waals surface area contributed by atoms with Gasteiger partial charge in [-0.2, -0.15) is 0 Å². The molecular formula is C23H21F3N2O3. The molecule has 0 fully saturated rings. The summed E-state index contributed by atoms with van der Waals surface area (Å²) in [4.78, 5) is 17.9. The van der Waals surface area contributed by atoms with Crippen LogP contribution in [0.3, 0.4) is 0 Å². The monoisotopic (exact) mass is 429 g/mol. The highest BCUT2D eigenvalue weighted by atomic mass is 19.1. The molecule has 0 spiro atoms. The zero-order valence-corrected chi connectivity index (χ0v) is 16.9. The molecule has 0 atom stereocenters. The van der Waals surface area contributed by atoms with E-state index in [4.69, 9.17) is 9.47 Å². The molecule has 0 unspecified atom stereocenters. The maximum Gasteiger partial charge on any atom is 0.243 e. The van der Waals surface area contributed by atoms with Crippen LogP contribution in [0.5, 0.6) is 17.4 Å². The molecule has 0 aliphatic carbocycles. The number of para-hydroxylation sites is 2. The van der Waals surface area contributed by atoms with Crippen LogP contribution >= 0.6 is 0 Å². The molecule has 1 heterocycles. The lowest BCUT2D eigenvalue weighted by Crippen LogP contribution is -2.28. The molecule has 0 bridgehead atoms. The average molecular weight is 429 g/mol. The largest absolute Gasteiger partial charge is 0.493 e. The molecule has 0 N–H and O–H groups in total. The molecular weight excluding hydrogens is 408 g/mol. The summed E-state index contributed by atoms with van der Waals surface area (Å²) in [5.41, 5.74) is 0.902. The van der Waals surface area contributed by atoms with Crippen molar-refractivity contribution in [2.45, 2.75) is 19.9 Å². The Morgan fingerprint density at radius 1 is 1.03 bits per heavy atom. The summed E-state index contributed by atoms with van der Waals surface area (Å²) >= 11 is 0. The van der Waals surface area contributed by atoms with E-state index in [9.17, 15) is 18.0 Å². The SMILES string of the molecule is CC(=O)N(Cc1ccccc1OCCC[18F])c1cccnc1Oc1c(F)cccc1F. The molecule has 162 valence electrons. The van der Waals surface area contributed by atoms with Crippen molar-refractivity contribution in [2.75, 3.05) is 18.2 Å². The second kappa shape index (κ2) is 10.5. The normalized spacial score (nSPS) is 10.6. The van der Waals surface area contributed by atoms with Crippen molar-refractivity contribution in [1.29, 1.82) is 0 Å². The summed E-state index contributed by atoms with van der Waals surface area (Å²) in [6.07, 6.45) is 1.64. The van der Waals surface area contributed by atoms with E-state index in [0.717, 1.165) is 12.1 Å². The zero-order chi connectivity index (χ0) is 22.2. The van der Waals surface area contributed by atoms with Gasteiger partial charge in [-0.1, -0.05) is 24.3 Å². The first-order chi connectivity index (χ1) is 15.0. The Labute approximate surface area is 178 Å². The number of alkyl halides is 1. The first-order valence-electron chi connectivity index (χ1n) is 9.63. The van der Waals surface area contributed by atoms with Crippen molar-refractivity contribution in [3.05, 3.63) is 78.0 Å². The predicted octanol–water partition coefficient (Wildman–Crippen LogP) is 5.44. The van der Waals surface area contributed by atoms with E-state index in [-0.39, 0.29) is 37.0 Å². The number of hydrogen-bond acceptors (Lipinski definition) is 4. The van der Waals surface area contributed by atoms with Crippen LogP contribution in [0.2, 0.25) is 0 Å². The number of rotatable bonds is 9. The minimum Gasteiger partial charge on any atom is -0.493 e. The lowest BCUT2D eigenvalue weighted by atomic mass is 10.1. The van der Waals surface area contributed by atoms with Gasteiger partial charge in [0.25, 0.3) is 0 Å². The molecule has 8 heteroatoms. The van der Waals surface area contributed by atoms with Gasteiger partial charge in [-0.25, -0.2) is 13.8 Å². The van der Waals surface area contributed by atoms with Crippen molar-refractivity contribution in [3.8, 4) is 17.4 Å². The van der Waals surface area contributed by atoms with Crippen LogP contribution in [0.15, 0.2) is 60.8 Å². The summed E-state index contributed by atoms with van der Waals surface area (Å²) in [6.45, 7) is 1.14. The topological polar surface area (TPSA) is 51.7 Å². The van der Waals surface area contributed by atoms with Crippen molar-refractivity contribution >= 4 is 11.6 Å². The molecule has 1 amide bonds. The van der Waals surface area contributed by atoms with Crippen LogP contribution in [0, 0.1) is 11.6 Å². The minimum atomic E-state index is -0.891. The van der Waals surface area contributed by atoms with Crippen molar-refractivity contribution in [1.82, 2.24) is 4.98 Å². The summed E-state index contributed by atoms with van der Waals surface area (Å²) in [5, 5.41) is 0. The smallest absolute Gasteiger partial charge is 0.243 e. The van der Waals surface area contributed by atoms with E-state index in [2.05, 4.69) is 4.98 Å². The fourth-order valence-corrected chi connectivity index (χ4v) is 2.89. The Morgan fingerprint density at radius 3 is 2.48 bits per heavy atom. The maximum absolute atomic E-state index is 14.1. The first kappa shape index (κ1) is 22.1. The fraction of sp³-hybridized carbons (Fsp3) is 0.217. The minimum absolute atomic E-state index is 0.0862. The molecule has 0 saturated carbocycles. The quantitative estimate of drug-likeness (QED) is 0.425. The highest BCUT2D eigenvalue weighted by Crippen LogP contribution is 2.34.